The van der Waals surface area contributed by atoms with Gasteiger partial charge in [-0.25, -0.2) is 0 Å². The molecule has 2 rings (SSSR count). The highest BCUT2D eigenvalue weighted by Crippen LogP contribution is 2.32. The quantitative estimate of drug-likeness (QED) is 0.777. The molecule has 0 aliphatic carbocycles. The third-order valence-electron chi connectivity index (χ3n) is 3.43. The van der Waals surface area contributed by atoms with Crippen LogP contribution in [0.4, 0.5) is 5.69 Å². The Morgan fingerprint density at radius 1 is 1.35 bits per heavy atom. The molecule has 1 aromatic carbocycles. The normalized spacial score (nSPS) is 14.6. The van der Waals surface area contributed by atoms with E-state index in [-0.39, 0.29) is 5.41 Å². The Balaban J connectivity index is 2.23. The molecule has 0 N–H and O–H groups in total. The van der Waals surface area contributed by atoms with Crippen molar-refractivity contribution in [2.45, 2.75) is 39.0 Å². The molecule has 1 aromatic rings. The number of hydrogen-bond donors (Lipinski definition) is 0. The lowest BCUT2D eigenvalue weighted by Crippen LogP contribution is -2.21. The number of fused-ring (bicyclic) bond motifs is 1. The Morgan fingerprint density at radius 3 is 2.76 bits per heavy atom. The molecule has 1 heterocycles. The third-order valence-corrected chi connectivity index (χ3v) is 3.43. The summed E-state index contributed by atoms with van der Waals surface area (Å²) in [5, 5.41) is 8.65. The van der Waals surface area contributed by atoms with Gasteiger partial charge in [0.2, 0.25) is 0 Å². The summed E-state index contributed by atoms with van der Waals surface area (Å²) in [6.07, 6.45) is 1.73. The number of benzene rings is 1. The molecule has 0 saturated carbocycles. The van der Waals surface area contributed by atoms with Crippen molar-refractivity contribution >= 4 is 5.69 Å². The van der Waals surface area contributed by atoms with Gasteiger partial charge in [0, 0.05) is 18.8 Å². The first-order chi connectivity index (χ1) is 8.02. The summed E-state index contributed by atoms with van der Waals surface area (Å²) in [6, 6.07) is 9.00. The summed E-state index contributed by atoms with van der Waals surface area (Å²) >= 11 is 0. The van der Waals surface area contributed by atoms with Gasteiger partial charge in [0.15, 0.2) is 0 Å². The largest absolute Gasteiger partial charge is 0.370 e. The number of nitrogens with zero attached hydrogens (tertiary/aromatic N) is 2. The first kappa shape index (κ1) is 12.0. The van der Waals surface area contributed by atoms with Crippen molar-refractivity contribution < 1.29 is 0 Å². The lowest BCUT2D eigenvalue weighted by Gasteiger charge is -2.22. The van der Waals surface area contributed by atoms with Gasteiger partial charge in [0.25, 0.3) is 0 Å². The van der Waals surface area contributed by atoms with Gasteiger partial charge in [-0.2, -0.15) is 5.26 Å². The van der Waals surface area contributed by atoms with Crippen molar-refractivity contribution in [2.75, 3.05) is 18.0 Å². The molecular weight excluding hydrogens is 208 g/mol. The molecule has 1 aliphatic heterocycles. The van der Waals surface area contributed by atoms with E-state index < -0.39 is 0 Å². The van der Waals surface area contributed by atoms with Crippen LogP contribution in [0.2, 0.25) is 0 Å². The average molecular weight is 228 g/mol. The standard InChI is InChI=1S/C15H20N2/c1-15(2,3)13-5-6-14-12(11-13)7-10-17(14)9-4-8-16/h5-6,11H,4,7,9-10H2,1-3H3. The molecule has 0 radical (unpaired) electrons. The van der Waals surface area contributed by atoms with Gasteiger partial charge in [-0.1, -0.05) is 32.9 Å². The highest BCUT2D eigenvalue weighted by atomic mass is 15.1. The van der Waals surface area contributed by atoms with Crippen molar-refractivity contribution in [1.82, 2.24) is 0 Å². The fraction of sp³-hybridized carbons (Fsp3) is 0.533. The van der Waals surface area contributed by atoms with Crippen molar-refractivity contribution in [2.24, 2.45) is 0 Å². The molecule has 90 valence electrons. The maximum absolute atomic E-state index is 8.65. The smallest absolute Gasteiger partial charge is 0.0640 e. The predicted molar refractivity (Wildman–Crippen MR) is 71.3 cm³/mol. The van der Waals surface area contributed by atoms with Crippen LogP contribution in [0.3, 0.4) is 0 Å². The number of rotatable bonds is 2. The third kappa shape index (κ3) is 2.44. The summed E-state index contributed by atoms with van der Waals surface area (Å²) in [5.41, 5.74) is 4.39. The van der Waals surface area contributed by atoms with E-state index >= 15 is 0 Å². The van der Waals surface area contributed by atoms with Crippen LogP contribution in [-0.2, 0) is 11.8 Å². The van der Waals surface area contributed by atoms with Gasteiger partial charge in [-0.3, -0.25) is 0 Å². The van der Waals surface area contributed by atoms with E-state index in [4.69, 9.17) is 5.26 Å². The molecule has 0 atom stereocenters. The molecule has 0 aromatic heterocycles. The zero-order chi connectivity index (χ0) is 12.5. The molecule has 0 bridgehead atoms. The topological polar surface area (TPSA) is 27.0 Å². The molecule has 0 amide bonds. The zero-order valence-electron chi connectivity index (χ0n) is 11.0. The van der Waals surface area contributed by atoms with E-state index in [1.165, 1.54) is 16.8 Å². The first-order valence-corrected chi connectivity index (χ1v) is 6.27. The second-order valence-corrected chi connectivity index (χ2v) is 5.74. The molecule has 1 aliphatic rings. The van der Waals surface area contributed by atoms with Crippen LogP contribution in [0.5, 0.6) is 0 Å². The lowest BCUT2D eigenvalue weighted by atomic mass is 9.86. The Hall–Kier alpha value is -1.49. The van der Waals surface area contributed by atoms with Gasteiger partial charge in [-0.15, -0.1) is 0 Å². The van der Waals surface area contributed by atoms with Crippen molar-refractivity contribution in [1.29, 1.82) is 5.26 Å². The van der Waals surface area contributed by atoms with Crippen molar-refractivity contribution in [3.8, 4) is 6.07 Å². The molecule has 0 fully saturated rings. The summed E-state index contributed by atoms with van der Waals surface area (Å²) < 4.78 is 0. The van der Waals surface area contributed by atoms with E-state index in [1.807, 2.05) is 0 Å². The maximum Gasteiger partial charge on any atom is 0.0640 e. The summed E-state index contributed by atoms with van der Waals surface area (Å²) in [5.74, 6) is 0. The Kier molecular flexibility index (Phi) is 3.11. The second kappa shape index (κ2) is 4.41. The van der Waals surface area contributed by atoms with E-state index in [9.17, 15) is 0 Å². The Labute approximate surface area is 104 Å². The first-order valence-electron chi connectivity index (χ1n) is 6.27. The summed E-state index contributed by atoms with van der Waals surface area (Å²) in [4.78, 5) is 2.32. The number of hydrogen-bond acceptors (Lipinski definition) is 2. The Morgan fingerprint density at radius 2 is 2.12 bits per heavy atom. The monoisotopic (exact) mass is 228 g/mol. The van der Waals surface area contributed by atoms with Gasteiger partial charge in [0.1, 0.15) is 0 Å². The van der Waals surface area contributed by atoms with Crippen molar-refractivity contribution in [3.63, 3.8) is 0 Å². The van der Waals surface area contributed by atoms with E-state index in [1.54, 1.807) is 0 Å². The number of anilines is 1. The van der Waals surface area contributed by atoms with E-state index in [2.05, 4.69) is 49.9 Å². The minimum absolute atomic E-state index is 0.217. The van der Waals surface area contributed by atoms with Gasteiger partial charge in [0.05, 0.1) is 12.5 Å². The van der Waals surface area contributed by atoms with Gasteiger partial charge >= 0.3 is 0 Å². The molecule has 2 heteroatoms. The lowest BCUT2D eigenvalue weighted by molar-refractivity contribution is 0.590. The maximum atomic E-state index is 8.65. The molecule has 0 unspecified atom stereocenters. The highest BCUT2D eigenvalue weighted by molar-refractivity contribution is 5.59. The van der Waals surface area contributed by atoms with Crippen molar-refractivity contribution in [3.05, 3.63) is 29.3 Å². The summed E-state index contributed by atoms with van der Waals surface area (Å²) in [6.45, 7) is 8.66. The predicted octanol–water partition coefficient (Wildman–Crippen LogP) is 3.26. The van der Waals surface area contributed by atoms with Crippen LogP contribution in [0.15, 0.2) is 18.2 Å². The zero-order valence-corrected chi connectivity index (χ0v) is 11.0. The van der Waals surface area contributed by atoms with Crippen LogP contribution in [0, 0.1) is 11.3 Å². The molecule has 17 heavy (non-hydrogen) atoms. The van der Waals surface area contributed by atoms with Crippen LogP contribution in [-0.4, -0.2) is 13.1 Å². The fourth-order valence-corrected chi connectivity index (χ4v) is 2.35. The second-order valence-electron chi connectivity index (χ2n) is 5.74. The Bertz CT molecular complexity index is 449. The molecular formula is C15H20N2. The van der Waals surface area contributed by atoms with Crippen LogP contribution in [0.25, 0.3) is 0 Å². The molecule has 0 spiro atoms. The van der Waals surface area contributed by atoms with Crippen LogP contribution in [0.1, 0.15) is 38.3 Å². The summed E-state index contributed by atoms with van der Waals surface area (Å²) in [7, 11) is 0. The van der Waals surface area contributed by atoms with Crippen LogP contribution < -0.4 is 4.90 Å². The van der Waals surface area contributed by atoms with Gasteiger partial charge in [-0.05, 0) is 29.0 Å². The van der Waals surface area contributed by atoms with Crippen LogP contribution >= 0.6 is 0 Å². The minimum atomic E-state index is 0.217. The average Bonchev–Trinajstić information content (AvgIpc) is 2.67. The SMILES string of the molecule is CC(C)(C)c1ccc2c(c1)CCN2CCC#N. The number of nitriles is 1. The highest BCUT2D eigenvalue weighted by Gasteiger charge is 2.21. The minimum Gasteiger partial charge on any atom is -0.370 e. The molecule has 0 saturated heterocycles. The van der Waals surface area contributed by atoms with Gasteiger partial charge < -0.3 is 4.90 Å². The van der Waals surface area contributed by atoms with E-state index in [0.29, 0.717) is 6.42 Å². The fourth-order valence-electron chi connectivity index (χ4n) is 2.35. The molecule has 2 nitrogen and oxygen atoms in total. The van der Waals surface area contributed by atoms with E-state index in [0.717, 1.165) is 19.5 Å².